The Balaban J connectivity index is 1.73. The monoisotopic (exact) mass is 395 g/mol. The van der Waals surface area contributed by atoms with Gasteiger partial charge in [0, 0.05) is 6.20 Å². The van der Waals surface area contributed by atoms with Gasteiger partial charge in [-0.1, -0.05) is 17.7 Å². The number of hydrogen-bond donors (Lipinski definition) is 2. The minimum Gasteiger partial charge on any atom is -0.495 e. The van der Waals surface area contributed by atoms with Gasteiger partial charge in [0.15, 0.2) is 0 Å². The summed E-state index contributed by atoms with van der Waals surface area (Å²) in [5.41, 5.74) is 2.65. The number of pyridine rings is 1. The molecule has 8 nitrogen and oxygen atoms in total. The number of carboxylic acid groups (broad SMARTS) is 1. The van der Waals surface area contributed by atoms with Crippen molar-refractivity contribution in [3.63, 3.8) is 0 Å². The van der Waals surface area contributed by atoms with Crippen molar-refractivity contribution in [2.75, 3.05) is 12.4 Å². The first-order valence-electron chi connectivity index (χ1n) is 8.20. The number of imidazole rings is 1. The molecule has 3 heterocycles. The van der Waals surface area contributed by atoms with E-state index in [1.165, 1.54) is 25.4 Å². The van der Waals surface area contributed by atoms with E-state index >= 15 is 0 Å². The summed E-state index contributed by atoms with van der Waals surface area (Å²) in [4.78, 5) is 24.2. The van der Waals surface area contributed by atoms with Crippen molar-refractivity contribution in [2.45, 2.75) is 0 Å². The Morgan fingerprint density at radius 3 is 2.86 bits per heavy atom. The Hall–Kier alpha value is -3.65. The van der Waals surface area contributed by atoms with E-state index in [-0.39, 0.29) is 11.5 Å². The molecular weight excluding hydrogens is 382 g/mol. The molecule has 0 amide bonds. The maximum atomic E-state index is 11.1. The van der Waals surface area contributed by atoms with Gasteiger partial charge in [0.2, 0.25) is 5.95 Å². The number of nitrogens with one attached hydrogen (secondary N) is 1. The van der Waals surface area contributed by atoms with Crippen molar-refractivity contribution in [1.82, 2.24) is 19.4 Å². The molecule has 0 bridgehead atoms. The minimum absolute atomic E-state index is 0.117. The van der Waals surface area contributed by atoms with Gasteiger partial charge < -0.3 is 15.2 Å². The number of hydrogen-bond acceptors (Lipinski definition) is 6. The van der Waals surface area contributed by atoms with E-state index in [2.05, 4.69) is 20.3 Å². The molecule has 0 saturated carbocycles. The highest BCUT2D eigenvalue weighted by atomic mass is 35.5. The summed E-state index contributed by atoms with van der Waals surface area (Å²) in [7, 11) is 1.46. The van der Waals surface area contributed by atoms with E-state index in [0.717, 1.165) is 11.3 Å². The standard InChI is InChI=1S/C19H14ClN5O3/c1-28-15-8-11(18(26)27)5-6-13(15)23-19-22-9-12(20)17(24-19)14-10-21-16-4-2-3-7-25(14)16/h2-10H,1H3,(H,26,27)(H,22,23,24). The highest BCUT2D eigenvalue weighted by Crippen LogP contribution is 2.30. The number of rotatable bonds is 5. The number of aromatic carboxylic acids is 1. The molecule has 4 aromatic rings. The first-order valence-corrected chi connectivity index (χ1v) is 8.58. The molecule has 2 N–H and O–H groups in total. The molecule has 0 spiro atoms. The number of ether oxygens (including phenoxy) is 1. The van der Waals surface area contributed by atoms with Gasteiger partial charge in [-0.05, 0) is 30.3 Å². The molecule has 0 aliphatic rings. The van der Waals surface area contributed by atoms with Crippen molar-refractivity contribution < 1.29 is 14.6 Å². The molecule has 0 aliphatic heterocycles. The minimum atomic E-state index is -1.04. The van der Waals surface area contributed by atoms with Crippen molar-refractivity contribution in [1.29, 1.82) is 0 Å². The Morgan fingerprint density at radius 2 is 2.07 bits per heavy atom. The molecule has 4 rings (SSSR count). The van der Waals surface area contributed by atoms with Crippen molar-refractivity contribution in [3.8, 4) is 17.1 Å². The maximum Gasteiger partial charge on any atom is 0.335 e. The number of carboxylic acids is 1. The van der Waals surface area contributed by atoms with Crippen LogP contribution in [0.1, 0.15) is 10.4 Å². The Kier molecular flexibility index (Phi) is 4.54. The maximum absolute atomic E-state index is 11.1. The summed E-state index contributed by atoms with van der Waals surface area (Å²) in [5.74, 6) is -0.399. The zero-order valence-corrected chi connectivity index (χ0v) is 15.4. The smallest absolute Gasteiger partial charge is 0.335 e. The van der Waals surface area contributed by atoms with Crippen LogP contribution in [0.5, 0.6) is 5.75 Å². The van der Waals surface area contributed by atoms with E-state index < -0.39 is 5.97 Å². The zero-order chi connectivity index (χ0) is 19.7. The number of methoxy groups -OCH3 is 1. The fourth-order valence-corrected chi connectivity index (χ4v) is 2.95. The number of anilines is 2. The normalized spacial score (nSPS) is 10.8. The molecule has 3 aromatic heterocycles. The number of nitrogens with zero attached hydrogens (tertiary/aromatic N) is 4. The molecule has 1 aromatic carbocycles. The highest BCUT2D eigenvalue weighted by Gasteiger charge is 2.15. The number of aromatic nitrogens is 4. The predicted octanol–water partition coefficient (Wildman–Crippen LogP) is 3.90. The van der Waals surface area contributed by atoms with E-state index in [4.69, 9.17) is 21.4 Å². The second kappa shape index (κ2) is 7.16. The van der Waals surface area contributed by atoms with Crippen LogP contribution >= 0.6 is 11.6 Å². The molecule has 0 aliphatic carbocycles. The van der Waals surface area contributed by atoms with Crippen LogP contribution in [0.3, 0.4) is 0 Å². The number of halogens is 1. The molecule has 9 heteroatoms. The van der Waals surface area contributed by atoms with E-state index in [1.807, 2.05) is 28.8 Å². The van der Waals surface area contributed by atoms with E-state index in [9.17, 15) is 4.79 Å². The summed E-state index contributed by atoms with van der Waals surface area (Å²) >= 11 is 6.32. The molecular formula is C19H14ClN5O3. The lowest BCUT2D eigenvalue weighted by molar-refractivity contribution is 0.0696. The quantitative estimate of drug-likeness (QED) is 0.528. The van der Waals surface area contributed by atoms with Crippen LogP contribution in [-0.2, 0) is 0 Å². The van der Waals surface area contributed by atoms with Crippen molar-refractivity contribution in [2.24, 2.45) is 0 Å². The molecule has 0 atom stereocenters. The fourth-order valence-electron chi connectivity index (χ4n) is 2.76. The SMILES string of the molecule is COc1cc(C(=O)O)ccc1Nc1ncc(Cl)c(-c2cnc3ccccn23)n1. The fraction of sp³-hybridized carbons (Fsp3) is 0.0526. The van der Waals surface area contributed by atoms with Crippen LogP contribution in [0.4, 0.5) is 11.6 Å². The van der Waals surface area contributed by atoms with Crippen LogP contribution in [-0.4, -0.2) is 37.5 Å². The zero-order valence-electron chi connectivity index (χ0n) is 14.6. The number of fused-ring (bicyclic) bond motifs is 1. The Morgan fingerprint density at radius 1 is 1.21 bits per heavy atom. The second-order valence-corrected chi connectivity index (χ2v) is 6.21. The number of benzene rings is 1. The summed E-state index contributed by atoms with van der Waals surface area (Å²) in [6.07, 6.45) is 5.05. The first-order chi connectivity index (χ1) is 13.6. The van der Waals surface area contributed by atoms with Gasteiger partial charge in [0.1, 0.15) is 17.1 Å². The van der Waals surface area contributed by atoms with Crippen molar-refractivity contribution >= 4 is 34.9 Å². The van der Waals surface area contributed by atoms with Gasteiger partial charge in [-0.25, -0.2) is 19.7 Å². The molecule has 0 fully saturated rings. The van der Waals surface area contributed by atoms with Crippen LogP contribution < -0.4 is 10.1 Å². The summed E-state index contributed by atoms with van der Waals surface area (Å²) in [5, 5.41) is 12.5. The number of carbonyl (C=O) groups is 1. The molecule has 140 valence electrons. The Labute approximate surface area is 164 Å². The molecule has 0 radical (unpaired) electrons. The van der Waals surface area contributed by atoms with E-state index in [1.54, 1.807) is 12.3 Å². The summed E-state index contributed by atoms with van der Waals surface area (Å²) in [6, 6.07) is 10.1. The van der Waals surface area contributed by atoms with Crippen molar-refractivity contribution in [3.05, 3.63) is 65.6 Å². The molecule has 28 heavy (non-hydrogen) atoms. The topological polar surface area (TPSA) is 102 Å². The third-order valence-corrected chi connectivity index (χ3v) is 4.38. The molecule has 0 unspecified atom stereocenters. The molecule has 0 saturated heterocycles. The lowest BCUT2D eigenvalue weighted by Crippen LogP contribution is -2.03. The van der Waals surface area contributed by atoms with Crippen LogP contribution in [0.15, 0.2) is 55.0 Å². The van der Waals surface area contributed by atoms with Gasteiger partial charge in [0.25, 0.3) is 0 Å². The summed E-state index contributed by atoms with van der Waals surface area (Å²) < 4.78 is 7.15. The van der Waals surface area contributed by atoms with Crippen LogP contribution in [0.25, 0.3) is 17.0 Å². The lowest BCUT2D eigenvalue weighted by atomic mass is 10.2. The van der Waals surface area contributed by atoms with Gasteiger partial charge in [-0.15, -0.1) is 0 Å². The van der Waals surface area contributed by atoms with E-state index in [0.29, 0.717) is 22.2 Å². The third kappa shape index (κ3) is 3.21. The van der Waals surface area contributed by atoms with Gasteiger partial charge in [0.05, 0.1) is 41.5 Å². The lowest BCUT2D eigenvalue weighted by Gasteiger charge is -2.12. The second-order valence-electron chi connectivity index (χ2n) is 5.81. The van der Waals surface area contributed by atoms with Gasteiger partial charge in [-0.3, -0.25) is 4.40 Å². The largest absolute Gasteiger partial charge is 0.495 e. The highest BCUT2D eigenvalue weighted by molar-refractivity contribution is 6.32. The average molecular weight is 396 g/mol. The Bertz CT molecular complexity index is 1190. The predicted molar refractivity (Wildman–Crippen MR) is 104 cm³/mol. The van der Waals surface area contributed by atoms with Crippen LogP contribution in [0.2, 0.25) is 5.02 Å². The van der Waals surface area contributed by atoms with Gasteiger partial charge in [-0.2, -0.15) is 0 Å². The van der Waals surface area contributed by atoms with Gasteiger partial charge >= 0.3 is 5.97 Å². The third-order valence-electron chi connectivity index (χ3n) is 4.10. The summed E-state index contributed by atoms with van der Waals surface area (Å²) in [6.45, 7) is 0. The first kappa shape index (κ1) is 17.7. The van der Waals surface area contributed by atoms with Crippen LogP contribution in [0, 0.1) is 0 Å². The average Bonchev–Trinajstić information content (AvgIpc) is 3.13.